The highest BCUT2D eigenvalue weighted by Gasteiger charge is 2.29. The maximum atomic E-state index is 13.0. The van der Waals surface area contributed by atoms with Crippen molar-refractivity contribution in [3.63, 3.8) is 0 Å². The molecule has 2 aromatic rings. The van der Waals surface area contributed by atoms with Gasteiger partial charge in [0, 0.05) is 38.3 Å². The van der Waals surface area contributed by atoms with Crippen LogP contribution < -0.4 is 5.73 Å². The Morgan fingerprint density at radius 2 is 1.66 bits per heavy atom. The van der Waals surface area contributed by atoms with Crippen LogP contribution in [-0.2, 0) is 16.6 Å². The normalized spacial score (nSPS) is 16.3. The lowest BCUT2D eigenvalue weighted by molar-refractivity contribution is 0.0999. The Hall–Kier alpha value is -2.22. The number of carbonyl (C=O) groups excluding carboxylic acids is 1. The molecule has 1 aliphatic rings. The van der Waals surface area contributed by atoms with Crippen LogP contribution >= 0.6 is 0 Å². The quantitative estimate of drug-likeness (QED) is 0.786. The van der Waals surface area contributed by atoms with Gasteiger partial charge in [-0.2, -0.15) is 4.31 Å². The summed E-state index contributed by atoms with van der Waals surface area (Å²) in [6.45, 7) is 9.08. The molecule has 29 heavy (non-hydrogen) atoms. The minimum absolute atomic E-state index is 0.120. The Kier molecular flexibility index (Phi) is 6.41. The van der Waals surface area contributed by atoms with Crippen LogP contribution in [0.15, 0.2) is 47.4 Å². The predicted octanol–water partition coefficient (Wildman–Crippen LogP) is 2.72. The molecule has 1 saturated heterocycles. The van der Waals surface area contributed by atoms with E-state index in [0.29, 0.717) is 37.7 Å². The maximum absolute atomic E-state index is 13.0. The molecule has 0 radical (unpaired) electrons. The monoisotopic (exact) mass is 415 g/mol. The predicted molar refractivity (Wildman–Crippen MR) is 114 cm³/mol. The molecule has 1 amide bonds. The average Bonchev–Trinajstić information content (AvgIpc) is 2.69. The van der Waals surface area contributed by atoms with E-state index in [1.807, 2.05) is 0 Å². The van der Waals surface area contributed by atoms with Crippen molar-refractivity contribution in [3.05, 3.63) is 64.7 Å². The van der Waals surface area contributed by atoms with E-state index in [1.54, 1.807) is 19.1 Å². The molecule has 3 rings (SSSR count). The minimum Gasteiger partial charge on any atom is -0.366 e. The fraction of sp³-hybridized carbons (Fsp3) is 0.409. The van der Waals surface area contributed by atoms with E-state index in [-0.39, 0.29) is 10.5 Å². The molecule has 1 heterocycles. The van der Waals surface area contributed by atoms with Crippen LogP contribution in [0.25, 0.3) is 0 Å². The molecule has 6 nitrogen and oxygen atoms in total. The van der Waals surface area contributed by atoms with Gasteiger partial charge in [0.25, 0.3) is 0 Å². The zero-order valence-electron chi connectivity index (χ0n) is 17.3. The number of sulfonamides is 1. The number of benzene rings is 2. The first-order valence-electron chi connectivity index (χ1n) is 9.90. The van der Waals surface area contributed by atoms with Crippen molar-refractivity contribution in [2.45, 2.75) is 38.1 Å². The van der Waals surface area contributed by atoms with E-state index >= 15 is 0 Å². The molecule has 0 atom stereocenters. The molecule has 0 spiro atoms. The van der Waals surface area contributed by atoms with Crippen LogP contribution in [0.4, 0.5) is 0 Å². The Morgan fingerprint density at radius 1 is 1.03 bits per heavy atom. The van der Waals surface area contributed by atoms with Gasteiger partial charge >= 0.3 is 0 Å². The molecule has 0 bridgehead atoms. The summed E-state index contributed by atoms with van der Waals surface area (Å²) in [6.07, 6.45) is 0. The van der Waals surface area contributed by atoms with E-state index in [9.17, 15) is 13.2 Å². The lowest BCUT2D eigenvalue weighted by Crippen LogP contribution is -2.48. The van der Waals surface area contributed by atoms with Gasteiger partial charge in [-0.1, -0.05) is 44.2 Å². The first-order chi connectivity index (χ1) is 13.7. The number of carbonyl (C=O) groups is 1. The lowest BCUT2D eigenvalue weighted by Gasteiger charge is -2.34. The molecule has 0 aromatic heterocycles. The van der Waals surface area contributed by atoms with E-state index < -0.39 is 15.9 Å². The Balaban J connectivity index is 1.65. The van der Waals surface area contributed by atoms with Gasteiger partial charge < -0.3 is 5.73 Å². The largest absolute Gasteiger partial charge is 0.366 e. The molecule has 0 unspecified atom stereocenters. The van der Waals surface area contributed by atoms with Crippen LogP contribution in [0.2, 0.25) is 0 Å². The van der Waals surface area contributed by atoms with Crippen LogP contribution in [-0.4, -0.2) is 49.7 Å². The summed E-state index contributed by atoms with van der Waals surface area (Å²) in [5.41, 5.74) is 8.83. The number of rotatable bonds is 6. The molecule has 156 valence electrons. The van der Waals surface area contributed by atoms with Crippen molar-refractivity contribution in [1.29, 1.82) is 0 Å². The van der Waals surface area contributed by atoms with Crippen molar-refractivity contribution < 1.29 is 13.2 Å². The van der Waals surface area contributed by atoms with Crippen LogP contribution in [0.5, 0.6) is 0 Å². The summed E-state index contributed by atoms with van der Waals surface area (Å²) >= 11 is 0. The second-order valence-electron chi connectivity index (χ2n) is 7.92. The lowest BCUT2D eigenvalue weighted by atomic mass is 10.0. The van der Waals surface area contributed by atoms with E-state index in [4.69, 9.17) is 5.73 Å². The fourth-order valence-electron chi connectivity index (χ4n) is 3.57. The van der Waals surface area contributed by atoms with Gasteiger partial charge in [0.2, 0.25) is 15.9 Å². The van der Waals surface area contributed by atoms with Crippen LogP contribution in [0.3, 0.4) is 0 Å². The second kappa shape index (κ2) is 8.65. The third-order valence-corrected chi connectivity index (χ3v) is 7.39. The fourth-order valence-corrected chi connectivity index (χ4v) is 5.02. The van der Waals surface area contributed by atoms with Gasteiger partial charge in [0.1, 0.15) is 0 Å². The molecule has 0 saturated carbocycles. The first-order valence-corrected chi connectivity index (χ1v) is 11.3. The van der Waals surface area contributed by atoms with E-state index in [0.717, 1.165) is 6.54 Å². The van der Waals surface area contributed by atoms with Crippen molar-refractivity contribution >= 4 is 15.9 Å². The van der Waals surface area contributed by atoms with E-state index in [2.05, 4.69) is 43.0 Å². The SMILES string of the molecule is Cc1ccc(S(=O)(=O)N2CCN(Cc3ccc(C(C)C)cc3)CC2)cc1C(N)=O. The van der Waals surface area contributed by atoms with E-state index in [1.165, 1.54) is 21.5 Å². The number of nitrogens with two attached hydrogens (primary N) is 1. The minimum atomic E-state index is -3.65. The number of aryl methyl sites for hydroxylation is 1. The van der Waals surface area contributed by atoms with Gasteiger partial charge in [-0.25, -0.2) is 8.42 Å². The molecule has 7 heteroatoms. The van der Waals surface area contributed by atoms with Gasteiger partial charge in [0.05, 0.1) is 4.90 Å². The summed E-state index contributed by atoms with van der Waals surface area (Å²) in [5, 5.41) is 0. The third kappa shape index (κ3) is 4.86. The van der Waals surface area contributed by atoms with Crippen LogP contribution in [0.1, 0.15) is 46.8 Å². The van der Waals surface area contributed by atoms with Crippen molar-refractivity contribution in [2.75, 3.05) is 26.2 Å². The highest BCUT2D eigenvalue weighted by Crippen LogP contribution is 2.22. The number of nitrogens with zero attached hydrogens (tertiary/aromatic N) is 2. The molecule has 0 aliphatic carbocycles. The maximum Gasteiger partial charge on any atom is 0.249 e. The summed E-state index contributed by atoms with van der Waals surface area (Å²) < 4.78 is 27.5. The standard InChI is InChI=1S/C22H29N3O3S/c1-16(2)19-7-5-18(6-8-19)15-24-10-12-25(13-11-24)29(27,28)20-9-4-17(3)21(14-20)22(23)26/h4-9,14,16H,10-13,15H2,1-3H3,(H2,23,26). The molecular formula is C22H29N3O3S. The Morgan fingerprint density at radius 3 is 2.21 bits per heavy atom. The Bertz CT molecular complexity index is 977. The topological polar surface area (TPSA) is 83.7 Å². The molecule has 2 aromatic carbocycles. The third-order valence-electron chi connectivity index (χ3n) is 5.50. The molecule has 1 aliphatic heterocycles. The Labute approximate surface area is 173 Å². The smallest absolute Gasteiger partial charge is 0.249 e. The zero-order chi connectivity index (χ0) is 21.2. The zero-order valence-corrected chi connectivity index (χ0v) is 18.1. The first kappa shape index (κ1) is 21.5. The molecule has 1 fully saturated rings. The van der Waals surface area contributed by atoms with Crippen molar-refractivity contribution in [3.8, 4) is 0 Å². The van der Waals surface area contributed by atoms with Gasteiger partial charge in [-0.15, -0.1) is 0 Å². The summed E-state index contributed by atoms with van der Waals surface area (Å²) in [4.78, 5) is 13.9. The van der Waals surface area contributed by atoms with Gasteiger partial charge in [-0.3, -0.25) is 9.69 Å². The number of hydrogen-bond acceptors (Lipinski definition) is 4. The van der Waals surface area contributed by atoms with Crippen LogP contribution in [0, 0.1) is 6.92 Å². The molecule has 2 N–H and O–H groups in total. The van der Waals surface area contributed by atoms with Crippen molar-refractivity contribution in [1.82, 2.24) is 9.21 Å². The number of amides is 1. The number of piperazine rings is 1. The van der Waals surface area contributed by atoms with Gasteiger partial charge in [-0.05, 0) is 41.7 Å². The molecular weight excluding hydrogens is 386 g/mol. The average molecular weight is 416 g/mol. The summed E-state index contributed by atoms with van der Waals surface area (Å²) in [5.74, 6) is -0.109. The van der Waals surface area contributed by atoms with Crippen molar-refractivity contribution in [2.24, 2.45) is 5.73 Å². The number of hydrogen-bond donors (Lipinski definition) is 1. The highest BCUT2D eigenvalue weighted by atomic mass is 32.2. The number of primary amides is 1. The summed E-state index contributed by atoms with van der Waals surface area (Å²) in [6, 6.07) is 13.2. The second-order valence-corrected chi connectivity index (χ2v) is 9.86. The van der Waals surface area contributed by atoms with Gasteiger partial charge in [0.15, 0.2) is 0 Å². The highest BCUT2D eigenvalue weighted by molar-refractivity contribution is 7.89. The summed E-state index contributed by atoms with van der Waals surface area (Å²) in [7, 11) is -3.65.